The van der Waals surface area contributed by atoms with E-state index in [-0.39, 0.29) is 0 Å². The van der Waals surface area contributed by atoms with Crippen molar-refractivity contribution in [3.05, 3.63) is 17.3 Å². The van der Waals surface area contributed by atoms with E-state index >= 15 is 0 Å². The van der Waals surface area contributed by atoms with Crippen molar-refractivity contribution in [1.29, 1.82) is 0 Å². The number of nitrogens with two attached hydrogens (primary N) is 1. The van der Waals surface area contributed by atoms with Crippen molar-refractivity contribution < 1.29 is 0 Å². The molecule has 90 valence electrons. The highest BCUT2D eigenvalue weighted by atomic mass is 35.5. The van der Waals surface area contributed by atoms with Crippen LogP contribution >= 0.6 is 23.4 Å². The first kappa shape index (κ1) is 13.5. The lowest BCUT2D eigenvalue weighted by atomic mass is 10.2. The number of unbranched alkanes of at least 4 members (excludes halogenated alkanes) is 2. The molecule has 0 bridgehead atoms. The summed E-state index contributed by atoms with van der Waals surface area (Å²) in [7, 11) is 0. The molecule has 3 N–H and O–H groups in total. The molecule has 0 atom stereocenters. The standard InChI is InChI=1S/C11H18ClN3S/c1-16-6-4-2-3-5-14-11-8-9(13)7-10(12)15-11/h7-8H,2-6H2,1H3,(H3,13,14,15). The van der Waals surface area contributed by atoms with Crippen molar-refractivity contribution in [1.82, 2.24) is 4.98 Å². The fraction of sp³-hybridized carbons (Fsp3) is 0.545. The summed E-state index contributed by atoms with van der Waals surface area (Å²) in [6.07, 6.45) is 5.80. The Hall–Kier alpha value is -0.610. The number of nitrogens with zero attached hydrogens (tertiary/aromatic N) is 1. The molecule has 0 saturated heterocycles. The molecule has 3 nitrogen and oxygen atoms in total. The summed E-state index contributed by atoms with van der Waals surface area (Å²) < 4.78 is 0. The number of nitrogens with one attached hydrogen (secondary N) is 1. The Labute approximate surface area is 106 Å². The maximum atomic E-state index is 5.80. The minimum absolute atomic E-state index is 0.435. The summed E-state index contributed by atoms with van der Waals surface area (Å²) in [6, 6.07) is 3.44. The van der Waals surface area contributed by atoms with Crippen LogP contribution in [0.3, 0.4) is 0 Å². The molecule has 0 spiro atoms. The molecule has 0 aliphatic rings. The number of aromatic nitrogens is 1. The summed E-state index contributed by atoms with van der Waals surface area (Å²) in [5.41, 5.74) is 6.31. The van der Waals surface area contributed by atoms with Crippen molar-refractivity contribution in [2.45, 2.75) is 19.3 Å². The quantitative estimate of drug-likeness (QED) is 0.583. The highest BCUT2D eigenvalue weighted by Gasteiger charge is 1.98. The molecule has 1 aromatic heterocycles. The van der Waals surface area contributed by atoms with Gasteiger partial charge in [0.25, 0.3) is 0 Å². The van der Waals surface area contributed by atoms with Gasteiger partial charge in [-0.3, -0.25) is 0 Å². The Balaban J connectivity index is 2.21. The van der Waals surface area contributed by atoms with E-state index in [9.17, 15) is 0 Å². The minimum atomic E-state index is 0.435. The SMILES string of the molecule is CSCCCCCNc1cc(N)cc(Cl)n1. The molecule has 0 aliphatic carbocycles. The third-order valence-corrected chi connectivity index (χ3v) is 3.04. The molecule has 0 aliphatic heterocycles. The van der Waals surface area contributed by atoms with E-state index in [0.717, 1.165) is 18.8 Å². The maximum Gasteiger partial charge on any atom is 0.133 e. The Morgan fingerprint density at radius 3 is 2.88 bits per heavy atom. The highest BCUT2D eigenvalue weighted by Crippen LogP contribution is 2.15. The summed E-state index contributed by atoms with van der Waals surface area (Å²) in [4.78, 5) is 4.14. The van der Waals surface area contributed by atoms with E-state index in [1.165, 1.54) is 18.6 Å². The van der Waals surface area contributed by atoms with Gasteiger partial charge in [0.1, 0.15) is 11.0 Å². The van der Waals surface area contributed by atoms with Gasteiger partial charge in [-0.1, -0.05) is 18.0 Å². The molecule has 16 heavy (non-hydrogen) atoms. The topological polar surface area (TPSA) is 50.9 Å². The second kappa shape index (κ2) is 7.63. The Kier molecular flexibility index (Phi) is 6.42. The zero-order valence-electron chi connectivity index (χ0n) is 9.50. The summed E-state index contributed by atoms with van der Waals surface area (Å²) >= 11 is 7.69. The van der Waals surface area contributed by atoms with Crippen molar-refractivity contribution in [3.63, 3.8) is 0 Å². The van der Waals surface area contributed by atoms with Crippen LogP contribution in [0.25, 0.3) is 0 Å². The van der Waals surface area contributed by atoms with Gasteiger partial charge < -0.3 is 11.1 Å². The van der Waals surface area contributed by atoms with Crippen LogP contribution in [0.4, 0.5) is 11.5 Å². The van der Waals surface area contributed by atoms with Gasteiger partial charge in [-0.25, -0.2) is 4.98 Å². The van der Waals surface area contributed by atoms with Crippen LogP contribution in [0.5, 0.6) is 0 Å². The van der Waals surface area contributed by atoms with Gasteiger partial charge in [0.05, 0.1) is 0 Å². The largest absolute Gasteiger partial charge is 0.399 e. The van der Waals surface area contributed by atoms with Gasteiger partial charge >= 0.3 is 0 Å². The normalized spacial score (nSPS) is 10.4. The lowest BCUT2D eigenvalue weighted by Gasteiger charge is -2.06. The van der Waals surface area contributed by atoms with Crippen LogP contribution in [0.1, 0.15) is 19.3 Å². The molecule has 0 fully saturated rings. The van der Waals surface area contributed by atoms with Gasteiger partial charge in [0, 0.05) is 18.3 Å². The number of pyridine rings is 1. The van der Waals surface area contributed by atoms with E-state index in [0.29, 0.717) is 10.8 Å². The molecule has 0 aromatic carbocycles. The number of halogens is 1. The molecule has 0 radical (unpaired) electrons. The fourth-order valence-corrected chi connectivity index (χ4v) is 2.08. The zero-order valence-corrected chi connectivity index (χ0v) is 11.1. The van der Waals surface area contributed by atoms with E-state index < -0.39 is 0 Å². The number of anilines is 2. The van der Waals surface area contributed by atoms with Crippen LogP contribution in [0.15, 0.2) is 12.1 Å². The lowest BCUT2D eigenvalue weighted by molar-refractivity contribution is 0.748. The summed E-state index contributed by atoms with van der Waals surface area (Å²) in [5, 5.41) is 3.66. The number of rotatable bonds is 7. The Morgan fingerprint density at radius 1 is 1.38 bits per heavy atom. The molecule has 1 rings (SSSR count). The molecular weight excluding hydrogens is 242 g/mol. The van der Waals surface area contributed by atoms with E-state index in [2.05, 4.69) is 16.6 Å². The predicted molar refractivity (Wildman–Crippen MR) is 74.4 cm³/mol. The van der Waals surface area contributed by atoms with Crippen LogP contribution in [-0.2, 0) is 0 Å². The van der Waals surface area contributed by atoms with Crippen LogP contribution in [0.2, 0.25) is 5.15 Å². The van der Waals surface area contributed by atoms with Gasteiger partial charge in [0.15, 0.2) is 0 Å². The van der Waals surface area contributed by atoms with Crippen molar-refractivity contribution >= 4 is 34.9 Å². The van der Waals surface area contributed by atoms with Crippen molar-refractivity contribution in [2.75, 3.05) is 29.6 Å². The van der Waals surface area contributed by atoms with E-state index in [1.54, 1.807) is 12.1 Å². The molecule has 0 saturated carbocycles. The lowest BCUT2D eigenvalue weighted by Crippen LogP contribution is -2.04. The predicted octanol–water partition coefficient (Wildman–Crippen LogP) is 3.26. The maximum absolute atomic E-state index is 5.80. The highest BCUT2D eigenvalue weighted by molar-refractivity contribution is 7.98. The third kappa shape index (κ3) is 5.47. The third-order valence-electron chi connectivity index (χ3n) is 2.15. The van der Waals surface area contributed by atoms with E-state index in [4.69, 9.17) is 17.3 Å². The number of nitrogen functional groups attached to an aromatic ring is 1. The first-order valence-electron chi connectivity index (χ1n) is 5.38. The van der Waals surface area contributed by atoms with Crippen LogP contribution < -0.4 is 11.1 Å². The first-order valence-corrected chi connectivity index (χ1v) is 7.15. The Bertz CT molecular complexity index is 300. The van der Waals surface area contributed by atoms with E-state index in [1.807, 2.05) is 11.8 Å². The zero-order chi connectivity index (χ0) is 11.8. The molecule has 1 aromatic rings. The summed E-state index contributed by atoms with van der Waals surface area (Å²) in [5.74, 6) is 2.00. The molecule has 0 unspecified atom stereocenters. The number of hydrogen-bond donors (Lipinski definition) is 2. The average Bonchev–Trinajstić information content (AvgIpc) is 2.22. The van der Waals surface area contributed by atoms with Crippen molar-refractivity contribution in [3.8, 4) is 0 Å². The van der Waals surface area contributed by atoms with Gasteiger partial charge in [-0.15, -0.1) is 0 Å². The summed E-state index contributed by atoms with van der Waals surface area (Å²) in [6.45, 7) is 0.918. The fourth-order valence-electron chi connectivity index (χ4n) is 1.37. The van der Waals surface area contributed by atoms with Crippen LogP contribution in [0, 0.1) is 0 Å². The van der Waals surface area contributed by atoms with Crippen molar-refractivity contribution in [2.24, 2.45) is 0 Å². The van der Waals surface area contributed by atoms with Crippen LogP contribution in [-0.4, -0.2) is 23.5 Å². The number of thioether (sulfide) groups is 1. The number of hydrogen-bond acceptors (Lipinski definition) is 4. The smallest absolute Gasteiger partial charge is 0.133 e. The molecular formula is C11H18ClN3S. The molecule has 1 heterocycles. The first-order chi connectivity index (χ1) is 7.72. The molecule has 0 amide bonds. The monoisotopic (exact) mass is 259 g/mol. The van der Waals surface area contributed by atoms with Gasteiger partial charge in [-0.05, 0) is 30.9 Å². The van der Waals surface area contributed by atoms with Gasteiger partial charge in [0.2, 0.25) is 0 Å². The Morgan fingerprint density at radius 2 is 2.19 bits per heavy atom. The van der Waals surface area contributed by atoms with Gasteiger partial charge in [-0.2, -0.15) is 11.8 Å². The average molecular weight is 260 g/mol. The molecule has 5 heteroatoms. The minimum Gasteiger partial charge on any atom is -0.399 e. The second-order valence-corrected chi connectivity index (χ2v) is 4.96. The second-order valence-electron chi connectivity index (χ2n) is 3.59.